The van der Waals surface area contributed by atoms with Crippen LogP contribution in [0.15, 0.2) is 59.7 Å². The summed E-state index contributed by atoms with van der Waals surface area (Å²) in [6, 6.07) is 14.6. The van der Waals surface area contributed by atoms with Gasteiger partial charge in [0, 0.05) is 28.9 Å². The Morgan fingerprint density at radius 1 is 1.04 bits per heavy atom. The molecule has 0 bridgehead atoms. The molecule has 0 amide bonds. The van der Waals surface area contributed by atoms with Crippen LogP contribution in [-0.4, -0.2) is 24.6 Å². The summed E-state index contributed by atoms with van der Waals surface area (Å²) in [4.78, 5) is 16.6. The summed E-state index contributed by atoms with van der Waals surface area (Å²) in [7, 11) is -1.07. The Morgan fingerprint density at radius 3 is 2.50 bits per heavy atom. The molecule has 3 aromatic rings. The van der Waals surface area contributed by atoms with E-state index in [0.717, 1.165) is 11.1 Å². The summed E-state index contributed by atoms with van der Waals surface area (Å²) in [5.41, 5.74) is 2.35. The largest absolute Gasteiger partial charge is 0.392 e. The van der Waals surface area contributed by atoms with E-state index in [1.54, 1.807) is 12.1 Å². The highest BCUT2D eigenvalue weighted by Crippen LogP contribution is 2.08. The molecule has 1 aromatic heterocycles. The Morgan fingerprint density at radius 2 is 1.75 bits per heavy atom. The molecule has 24 heavy (non-hydrogen) atoms. The average Bonchev–Trinajstić information content (AvgIpc) is 2.62. The molecule has 0 saturated carbocycles. The number of aromatic nitrogens is 2. The number of aliphatic hydroxyl groups is 1. The number of nitrogens with zero attached hydrogens (tertiary/aromatic N) is 2. The van der Waals surface area contributed by atoms with Crippen molar-refractivity contribution in [3.63, 3.8) is 0 Å². The highest BCUT2D eigenvalue weighted by atomic mass is 32.2. The van der Waals surface area contributed by atoms with Crippen molar-refractivity contribution in [2.45, 2.75) is 18.9 Å². The van der Waals surface area contributed by atoms with Crippen molar-refractivity contribution in [2.24, 2.45) is 0 Å². The van der Waals surface area contributed by atoms with Gasteiger partial charge < -0.3 is 5.11 Å². The molecule has 0 aliphatic carbocycles. The maximum Gasteiger partial charge on any atom is 0.261 e. The van der Waals surface area contributed by atoms with Crippen molar-refractivity contribution < 1.29 is 9.32 Å². The predicted octanol–water partition coefficient (Wildman–Crippen LogP) is 1.84. The Labute approximate surface area is 142 Å². The summed E-state index contributed by atoms with van der Waals surface area (Å²) in [6.07, 6.45) is 1.51. The first-order valence-electron chi connectivity index (χ1n) is 7.65. The van der Waals surface area contributed by atoms with Crippen molar-refractivity contribution in [1.82, 2.24) is 9.55 Å². The van der Waals surface area contributed by atoms with Crippen LogP contribution in [0.4, 0.5) is 0 Å². The van der Waals surface area contributed by atoms with Crippen LogP contribution in [0.3, 0.4) is 0 Å². The highest BCUT2D eigenvalue weighted by Gasteiger charge is 2.06. The number of rotatable bonds is 6. The summed E-state index contributed by atoms with van der Waals surface area (Å²) < 4.78 is 13.8. The zero-order valence-corrected chi connectivity index (χ0v) is 13.9. The molecule has 6 heteroatoms. The van der Waals surface area contributed by atoms with Crippen LogP contribution < -0.4 is 5.56 Å². The third-order valence-electron chi connectivity index (χ3n) is 3.82. The van der Waals surface area contributed by atoms with Gasteiger partial charge in [0.1, 0.15) is 0 Å². The van der Waals surface area contributed by atoms with Crippen molar-refractivity contribution in [3.05, 3.63) is 76.3 Å². The van der Waals surface area contributed by atoms with Gasteiger partial charge in [-0.3, -0.25) is 13.6 Å². The SMILES string of the molecule is O=c1c2ccccc2ncn1CCS(=O)Cc1ccc(CO)cc1. The van der Waals surface area contributed by atoms with Gasteiger partial charge in [-0.05, 0) is 23.3 Å². The van der Waals surface area contributed by atoms with E-state index in [4.69, 9.17) is 5.11 Å². The van der Waals surface area contributed by atoms with Crippen molar-refractivity contribution in [2.75, 3.05) is 5.75 Å². The molecular formula is C18H18N2O3S. The molecule has 1 heterocycles. The molecule has 0 saturated heterocycles. The fraction of sp³-hybridized carbons (Fsp3) is 0.222. The van der Waals surface area contributed by atoms with Crippen LogP contribution in [0, 0.1) is 0 Å². The number of aryl methyl sites for hydroxylation is 1. The lowest BCUT2D eigenvalue weighted by atomic mass is 10.2. The van der Waals surface area contributed by atoms with Crippen LogP contribution in [0.5, 0.6) is 0 Å². The van der Waals surface area contributed by atoms with Crippen molar-refractivity contribution in [1.29, 1.82) is 0 Å². The first-order chi connectivity index (χ1) is 11.7. The van der Waals surface area contributed by atoms with Gasteiger partial charge in [0.15, 0.2) is 0 Å². The summed E-state index contributed by atoms with van der Waals surface area (Å²) in [5, 5.41) is 9.60. The van der Waals surface area contributed by atoms with Gasteiger partial charge in [0.25, 0.3) is 5.56 Å². The lowest BCUT2D eigenvalue weighted by Crippen LogP contribution is -2.23. The first-order valence-corrected chi connectivity index (χ1v) is 9.14. The standard InChI is InChI=1S/C18H18N2O3S/c21-11-14-5-7-15(8-6-14)12-24(23)10-9-20-13-19-17-4-2-1-3-16(17)18(20)22/h1-8,13,21H,9-12H2. The van der Waals surface area contributed by atoms with Crippen molar-refractivity contribution in [3.8, 4) is 0 Å². The number of para-hydroxylation sites is 1. The number of aliphatic hydroxyl groups excluding tert-OH is 1. The highest BCUT2D eigenvalue weighted by molar-refractivity contribution is 7.84. The maximum absolute atomic E-state index is 12.4. The molecule has 1 atom stereocenters. The molecule has 0 fully saturated rings. The minimum Gasteiger partial charge on any atom is -0.392 e. The molecule has 0 aliphatic heterocycles. The van der Waals surface area contributed by atoms with E-state index in [-0.39, 0.29) is 12.2 Å². The van der Waals surface area contributed by atoms with Gasteiger partial charge in [0.05, 0.1) is 23.8 Å². The molecule has 0 spiro atoms. The predicted molar refractivity (Wildman–Crippen MR) is 95.1 cm³/mol. The Kier molecular flexibility index (Phi) is 5.17. The number of hydrogen-bond donors (Lipinski definition) is 1. The third-order valence-corrected chi connectivity index (χ3v) is 5.12. The minimum absolute atomic E-state index is 0.00124. The van der Waals surface area contributed by atoms with Crippen LogP contribution in [-0.2, 0) is 29.7 Å². The van der Waals surface area contributed by atoms with E-state index >= 15 is 0 Å². The van der Waals surface area contributed by atoms with E-state index in [0.29, 0.717) is 29.0 Å². The Balaban J connectivity index is 1.65. The molecule has 2 aromatic carbocycles. The molecular weight excluding hydrogens is 324 g/mol. The lowest BCUT2D eigenvalue weighted by molar-refractivity contribution is 0.282. The lowest BCUT2D eigenvalue weighted by Gasteiger charge is -2.07. The van der Waals surface area contributed by atoms with Crippen LogP contribution in [0.25, 0.3) is 10.9 Å². The van der Waals surface area contributed by atoms with E-state index in [1.807, 2.05) is 36.4 Å². The summed E-state index contributed by atoms with van der Waals surface area (Å²) >= 11 is 0. The zero-order valence-electron chi connectivity index (χ0n) is 13.1. The molecule has 5 nitrogen and oxygen atoms in total. The third kappa shape index (κ3) is 3.77. The molecule has 124 valence electrons. The molecule has 3 rings (SSSR count). The van der Waals surface area contributed by atoms with Crippen LogP contribution in [0.1, 0.15) is 11.1 Å². The topological polar surface area (TPSA) is 72.2 Å². The van der Waals surface area contributed by atoms with Gasteiger partial charge in [-0.2, -0.15) is 0 Å². The van der Waals surface area contributed by atoms with Crippen LogP contribution >= 0.6 is 0 Å². The van der Waals surface area contributed by atoms with Gasteiger partial charge in [0.2, 0.25) is 0 Å². The van der Waals surface area contributed by atoms with E-state index in [9.17, 15) is 9.00 Å². The van der Waals surface area contributed by atoms with Gasteiger partial charge >= 0.3 is 0 Å². The maximum atomic E-state index is 12.4. The average molecular weight is 342 g/mol. The minimum atomic E-state index is -1.07. The fourth-order valence-corrected chi connectivity index (χ4v) is 3.57. The smallest absolute Gasteiger partial charge is 0.261 e. The van der Waals surface area contributed by atoms with Gasteiger partial charge in [-0.1, -0.05) is 36.4 Å². The van der Waals surface area contributed by atoms with E-state index in [2.05, 4.69) is 4.98 Å². The van der Waals surface area contributed by atoms with Crippen molar-refractivity contribution >= 4 is 21.7 Å². The summed E-state index contributed by atoms with van der Waals surface area (Å²) in [5.74, 6) is 0.823. The number of hydrogen-bond acceptors (Lipinski definition) is 4. The van der Waals surface area contributed by atoms with Gasteiger partial charge in [-0.25, -0.2) is 4.98 Å². The molecule has 0 radical (unpaired) electrons. The number of benzene rings is 2. The fourth-order valence-electron chi connectivity index (χ4n) is 2.46. The second-order valence-corrected chi connectivity index (χ2v) is 7.10. The van der Waals surface area contributed by atoms with E-state index in [1.165, 1.54) is 10.9 Å². The number of fused-ring (bicyclic) bond motifs is 1. The molecule has 0 aliphatic rings. The van der Waals surface area contributed by atoms with Gasteiger partial charge in [-0.15, -0.1) is 0 Å². The normalized spacial score (nSPS) is 12.4. The Bertz CT molecular complexity index is 919. The van der Waals surface area contributed by atoms with Crippen LogP contribution in [0.2, 0.25) is 0 Å². The quantitative estimate of drug-likeness (QED) is 0.742. The molecule has 1 unspecified atom stereocenters. The first kappa shape index (κ1) is 16.5. The second-order valence-electron chi connectivity index (χ2n) is 5.52. The molecule has 1 N–H and O–H groups in total. The Hall–Kier alpha value is -2.31. The van der Waals surface area contributed by atoms with E-state index < -0.39 is 10.8 Å². The second kappa shape index (κ2) is 7.51. The zero-order chi connectivity index (χ0) is 16.9. The summed E-state index contributed by atoms with van der Waals surface area (Å²) in [6.45, 7) is 0.374. The monoisotopic (exact) mass is 342 g/mol.